The van der Waals surface area contributed by atoms with Gasteiger partial charge in [0.25, 0.3) is 11.8 Å². The number of hydrogen-bond donors (Lipinski definition) is 0. The van der Waals surface area contributed by atoms with Crippen LogP contribution in [0.15, 0.2) is 36.4 Å². The van der Waals surface area contributed by atoms with Gasteiger partial charge in [-0.15, -0.1) is 0 Å². The zero-order chi connectivity index (χ0) is 23.9. The van der Waals surface area contributed by atoms with Crippen LogP contribution in [0.2, 0.25) is 0 Å². The summed E-state index contributed by atoms with van der Waals surface area (Å²) in [6, 6.07) is 9.56. The van der Waals surface area contributed by atoms with Crippen molar-refractivity contribution >= 4 is 17.7 Å². The first kappa shape index (κ1) is 22.8. The van der Waals surface area contributed by atoms with Crippen LogP contribution >= 0.6 is 0 Å². The van der Waals surface area contributed by atoms with Crippen molar-refractivity contribution < 1.29 is 23.9 Å². The smallest absolute Gasteiger partial charge is 0.262 e. The molecule has 0 spiro atoms. The van der Waals surface area contributed by atoms with Crippen molar-refractivity contribution in [2.75, 3.05) is 20.8 Å². The molecule has 0 saturated carbocycles. The SMILES string of the molecule is COc1cc2c(cc1OC)[C@H](C)N(C(=O)[C@H](CC(C)C)N1C(=O)c3ccccc3C1=O)CC2. The van der Waals surface area contributed by atoms with Crippen LogP contribution in [0.25, 0.3) is 0 Å². The number of carbonyl (C=O) groups excluding carboxylic acids is 3. The van der Waals surface area contributed by atoms with Gasteiger partial charge in [-0.1, -0.05) is 26.0 Å². The molecule has 0 unspecified atom stereocenters. The third-order valence-corrected chi connectivity index (χ3v) is 6.58. The molecule has 2 aliphatic heterocycles. The highest BCUT2D eigenvalue weighted by atomic mass is 16.5. The summed E-state index contributed by atoms with van der Waals surface area (Å²) < 4.78 is 10.9. The Labute approximate surface area is 194 Å². The molecule has 2 heterocycles. The van der Waals surface area contributed by atoms with Crippen molar-refractivity contribution in [1.82, 2.24) is 9.80 Å². The summed E-state index contributed by atoms with van der Waals surface area (Å²) in [5.74, 6) is 0.395. The van der Waals surface area contributed by atoms with Crippen LogP contribution in [-0.4, -0.2) is 54.3 Å². The second-order valence-electron chi connectivity index (χ2n) is 9.03. The Balaban J connectivity index is 1.67. The molecule has 0 saturated heterocycles. The number of amides is 3. The number of benzene rings is 2. The number of methoxy groups -OCH3 is 2. The minimum absolute atomic E-state index is 0.125. The fraction of sp³-hybridized carbons (Fsp3) is 0.423. The second-order valence-corrected chi connectivity index (χ2v) is 9.03. The lowest BCUT2D eigenvalue weighted by atomic mass is 9.91. The Morgan fingerprint density at radius 2 is 1.61 bits per heavy atom. The second kappa shape index (κ2) is 8.89. The molecule has 4 rings (SSSR count). The number of ether oxygens (including phenoxy) is 2. The maximum atomic E-state index is 13.9. The average molecular weight is 451 g/mol. The number of imide groups is 1. The van der Waals surface area contributed by atoms with Crippen LogP contribution in [0.3, 0.4) is 0 Å². The zero-order valence-electron chi connectivity index (χ0n) is 19.8. The van der Waals surface area contributed by atoms with Crippen molar-refractivity contribution in [3.8, 4) is 11.5 Å². The van der Waals surface area contributed by atoms with Crippen LogP contribution in [0.1, 0.15) is 65.1 Å². The van der Waals surface area contributed by atoms with Gasteiger partial charge in [0.2, 0.25) is 5.91 Å². The molecular formula is C26H30N2O5. The molecule has 0 bridgehead atoms. The zero-order valence-corrected chi connectivity index (χ0v) is 19.8. The van der Waals surface area contributed by atoms with Crippen molar-refractivity contribution in [3.05, 3.63) is 58.7 Å². The molecule has 0 radical (unpaired) electrons. The quantitative estimate of drug-likeness (QED) is 0.625. The summed E-state index contributed by atoms with van der Waals surface area (Å²) >= 11 is 0. The monoisotopic (exact) mass is 450 g/mol. The van der Waals surface area contributed by atoms with Crippen LogP contribution in [0.5, 0.6) is 11.5 Å². The van der Waals surface area contributed by atoms with Gasteiger partial charge in [0, 0.05) is 6.54 Å². The lowest BCUT2D eigenvalue weighted by Crippen LogP contribution is -2.53. The van der Waals surface area contributed by atoms with E-state index in [2.05, 4.69) is 0 Å². The Morgan fingerprint density at radius 3 is 2.15 bits per heavy atom. The number of fused-ring (bicyclic) bond motifs is 2. The summed E-state index contributed by atoms with van der Waals surface area (Å²) in [6.45, 7) is 6.45. The van der Waals surface area contributed by atoms with Gasteiger partial charge >= 0.3 is 0 Å². The van der Waals surface area contributed by atoms with Crippen LogP contribution in [0.4, 0.5) is 0 Å². The molecule has 2 aliphatic rings. The topological polar surface area (TPSA) is 76.2 Å². The molecule has 2 atom stereocenters. The van der Waals surface area contributed by atoms with Gasteiger partial charge in [-0.3, -0.25) is 19.3 Å². The summed E-state index contributed by atoms with van der Waals surface area (Å²) in [6.07, 6.45) is 1.06. The normalized spacial score (nSPS) is 18.3. The molecule has 3 amide bonds. The average Bonchev–Trinajstić information content (AvgIpc) is 3.06. The number of rotatable bonds is 6. The minimum Gasteiger partial charge on any atom is -0.493 e. The fourth-order valence-corrected chi connectivity index (χ4v) is 4.89. The molecular weight excluding hydrogens is 420 g/mol. The van der Waals surface area contributed by atoms with Gasteiger partial charge in [0.1, 0.15) is 6.04 Å². The van der Waals surface area contributed by atoms with E-state index in [4.69, 9.17) is 9.47 Å². The van der Waals surface area contributed by atoms with Gasteiger partial charge in [-0.25, -0.2) is 0 Å². The van der Waals surface area contributed by atoms with E-state index in [9.17, 15) is 14.4 Å². The molecule has 0 N–H and O–H groups in total. The fourth-order valence-electron chi connectivity index (χ4n) is 4.89. The third-order valence-electron chi connectivity index (χ3n) is 6.58. The molecule has 7 heteroatoms. The standard InChI is InChI=1S/C26H30N2O5/c1-15(2)12-21(28-24(29)18-8-6-7-9-19(18)25(28)30)26(31)27-11-10-17-13-22(32-4)23(33-5)14-20(17)16(27)3/h6-9,13-16,21H,10-12H2,1-5H3/t16-,21-/m0/s1. The highest BCUT2D eigenvalue weighted by molar-refractivity contribution is 6.22. The van der Waals surface area contributed by atoms with Gasteiger partial charge in [-0.05, 0) is 61.1 Å². The summed E-state index contributed by atoms with van der Waals surface area (Å²) in [7, 11) is 3.19. The highest BCUT2D eigenvalue weighted by Gasteiger charge is 2.45. The number of hydrogen-bond acceptors (Lipinski definition) is 5. The summed E-state index contributed by atoms with van der Waals surface area (Å²) in [5, 5.41) is 0. The van der Waals surface area contributed by atoms with Crippen LogP contribution in [0, 0.1) is 5.92 Å². The van der Waals surface area contributed by atoms with Crippen molar-refractivity contribution in [2.45, 2.75) is 45.7 Å². The van der Waals surface area contributed by atoms with E-state index in [1.165, 1.54) is 4.90 Å². The highest BCUT2D eigenvalue weighted by Crippen LogP contribution is 2.39. The Kier molecular flexibility index (Phi) is 6.15. The minimum atomic E-state index is -0.846. The first-order valence-corrected chi connectivity index (χ1v) is 11.3. The van der Waals surface area contributed by atoms with E-state index in [0.717, 1.165) is 11.1 Å². The van der Waals surface area contributed by atoms with E-state index in [1.54, 1.807) is 43.4 Å². The largest absolute Gasteiger partial charge is 0.493 e. The van der Waals surface area contributed by atoms with E-state index in [1.807, 2.05) is 32.9 Å². The summed E-state index contributed by atoms with van der Waals surface area (Å²) in [4.78, 5) is 43.1. The lowest BCUT2D eigenvalue weighted by molar-refractivity contribution is -0.138. The van der Waals surface area contributed by atoms with E-state index in [0.29, 0.717) is 42.0 Å². The molecule has 2 aromatic rings. The number of carbonyl (C=O) groups is 3. The molecule has 174 valence electrons. The first-order valence-electron chi connectivity index (χ1n) is 11.3. The first-order chi connectivity index (χ1) is 15.8. The molecule has 0 aromatic heterocycles. The third kappa shape index (κ3) is 3.86. The maximum absolute atomic E-state index is 13.9. The molecule has 33 heavy (non-hydrogen) atoms. The molecule has 2 aromatic carbocycles. The maximum Gasteiger partial charge on any atom is 0.262 e. The Morgan fingerprint density at radius 1 is 1.03 bits per heavy atom. The lowest BCUT2D eigenvalue weighted by Gasteiger charge is -2.39. The number of nitrogens with zero attached hydrogens (tertiary/aromatic N) is 2. The van der Waals surface area contributed by atoms with Crippen molar-refractivity contribution in [1.29, 1.82) is 0 Å². The van der Waals surface area contributed by atoms with Gasteiger partial charge in [0.05, 0.1) is 31.4 Å². The van der Waals surface area contributed by atoms with Gasteiger partial charge in [0.15, 0.2) is 11.5 Å². The Hall–Kier alpha value is -3.35. The molecule has 7 nitrogen and oxygen atoms in total. The van der Waals surface area contributed by atoms with Crippen LogP contribution in [-0.2, 0) is 11.2 Å². The van der Waals surface area contributed by atoms with Gasteiger partial charge in [-0.2, -0.15) is 0 Å². The van der Waals surface area contributed by atoms with Crippen molar-refractivity contribution in [3.63, 3.8) is 0 Å². The molecule has 0 fully saturated rings. The summed E-state index contributed by atoms with van der Waals surface area (Å²) in [5.41, 5.74) is 2.80. The predicted octanol–water partition coefficient (Wildman–Crippen LogP) is 3.86. The van der Waals surface area contributed by atoms with Gasteiger partial charge < -0.3 is 14.4 Å². The predicted molar refractivity (Wildman–Crippen MR) is 124 cm³/mol. The van der Waals surface area contributed by atoms with E-state index >= 15 is 0 Å². The molecule has 0 aliphatic carbocycles. The van der Waals surface area contributed by atoms with Crippen LogP contribution < -0.4 is 9.47 Å². The van der Waals surface area contributed by atoms with E-state index < -0.39 is 17.9 Å². The van der Waals surface area contributed by atoms with Crippen molar-refractivity contribution in [2.24, 2.45) is 5.92 Å². The Bertz CT molecular complexity index is 1070. The van der Waals surface area contributed by atoms with E-state index in [-0.39, 0.29) is 17.9 Å².